The van der Waals surface area contributed by atoms with Gasteiger partial charge in [0.05, 0.1) is 0 Å². The number of halogens is 1. The Kier molecular flexibility index (Phi) is 1.61. The van der Waals surface area contributed by atoms with E-state index < -0.39 is 0 Å². The van der Waals surface area contributed by atoms with E-state index >= 15 is 0 Å². The minimum atomic E-state index is -0.142. The smallest absolute Gasteiger partial charge is 0.140 e. The zero-order valence-corrected chi connectivity index (χ0v) is 6.84. The highest BCUT2D eigenvalue weighted by Gasteiger charge is 2.00. The van der Waals surface area contributed by atoms with Crippen LogP contribution in [0.2, 0.25) is 0 Å². The standard InChI is InChI=1S/C10H8BF/c11-9-5-6-10(12)8-4-2-1-3-7(8)9/h1-6H,11H2. The average Bonchev–Trinajstić information content (AvgIpc) is 2.12. The number of benzene rings is 2. The van der Waals surface area contributed by atoms with Gasteiger partial charge in [-0.25, -0.2) is 4.39 Å². The van der Waals surface area contributed by atoms with Crippen LogP contribution in [-0.4, -0.2) is 7.85 Å². The second kappa shape index (κ2) is 2.63. The quantitative estimate of drug-likeness (QED) is 0.506. The fraction of sp³-hybridized carbons (Fsp3) is 0. The van der Waals surface area contributed by atoms with Crippen LogP contribution in [0.3, 0.4) is 0 Å². The van der Waals surface area contributed by atoms with Gasteiger partial charge < -0.3 is 0 Å². The Bertz CT molecular complexity index is 383. The summed E-state index contributed by atoms with van der Waals surface area (Å²) in [7, 11) is 1.99. The molecule has 58 valence electrons. The van der Waals surface area contributed by atoms with Crippen molar-refractivity contribution in [2.45, 2.75) is 0 Å². The van der Waals surface area contributed by atoms with Gasteiger partial charge in [0.2, 0.25) is 0 Å². The molecule has 0 nitrogen and oxygen atoms in total. The first-order valence-corrected chi connectivity index (χ1v) is 3.93. The van der Waals surface area contributed by atoms with Gasteiger partial charge in [-0.3, -0.25) is 0 Å². The molecule has 0 amide bonds. The molecule has 12 heavy (non-hydrogen) atoms. The first-order valence-electron chi connectivity index (χ1n) is 3.93. The maximum atomic E-state index is 13.2. The van der Waals surface area contributed by atoms with E-state index in [4.69, 9.17) is 0 Å². The van der Waals surface area contributed by atoms with Crippen LogP contribution in [0.25, 0.3) is 10.8 Å². The van der Waals surface area contributed by atoms with Crippen molar-refractivity contribution in [3.8, 4) is 0 Å². The largest absolute Gasteiger partial charge is 0.206 e. The molecule has 0 aliphatic carbocycles. The molecule has 0 fully saturated rings. The lowest BCUT2D eigenvalue weighted by Crippen LogP contribution is -2.03. The van der Waals surface area contributed by atoms with Crippen molar-refractivity contribution in [3.63, 3.8) is 0 Å². The SMILES string of the molecule is Bc1ccc(F)c2ccccc12. The number of fused-ring (bicyclic) bond motifs is 1. The zero-order chi connectivity index (χ0) is 8.55. The summed E-state index contributed by atoms with van der Waals surface area (Å²) < 4.78 is 13.2. The van der Waals surface area contributed by atoms with Gasteiger partial charge in [0, 0.05) is 5.39 Å². The third-order valence-corrected chi connectivity index (χ3v) is 2.09. The summed E-state index contributed by atoms with van der Waals surface area (Å²) in [4.78, 5) is 0. The van der Waals surface area contributed by atoms with Crippen molar-refractivity contribution >= 4 is 24.1 Å². The van der Waals surface area contributed by atoms with E-state index in [1.54, 1.807) is 12.1 Å². The van der Waals surface area contributed by atoms with Gasteiger partial charge >= 0.3 is 0 Å². The predicted octanol–water partition coefficient (Wildman–Crippen LogP) is 1.24. The molecule has 0 atom stereocenters. The van der Waals surface area contributed by atoms with E-state index in [1.807, 2.05) is 26.0 Å². The summed E-state index contributed by atoms with van der Waals surface area (Å²) in [5.41, 5.74) is 1.12. The minimum absolute atomic E-state index is 0.142. The molecule has 0 aliphatic heterocycles. The van der Waals surface area contributed by atoms with Gasteiger partial charge in [0.25, 0.3) is 0 Å². The van der Waals surface area contributed by atoms with Crippen molar-refractivity contribution in [1.82, 2.24) is 0 Å². The molecule has 2 aromatic rings. The fourth-order valence-corrected chi connectivity index (χ4v) is 1.41. The molecule has 0 saturated carbocycles. The molecule has 2 heteroatoms. The van der Waals surface area contributed by atoms with Crippen LogP contribution in [0.4, 0.5) is 4.39 Å². The van der Waals surface area contributed by atoms with E-state index in [2.05, 4.69) is 0 Å². The first-order chi connectivity index (χ1) is 5.79. The van der Waals surface area contributed by atoms with Gasteiger partial charge in [0.1, 0.15) is 13.7 Å². The van der Waals surface area contributed by atoms with E-state index in [0.29, 0.717) is 5.39 Å². The summed E-state index contributed by atoms with van der Waals surface area (Å²) in [5, 5.41) is 1.70. The third kappa shape index (κ3) is 1.000. The van der Waals surface area contributed by atoms with Gasteiger partial charge in [-0.2, -0.15) is 0 Å². The molecular formula is C10H8BF. The van der Waals surface area contributed by atoms with E-state index in [1.165, 1.54) is 6.07 Å². The molecule has 0 spiro atoms. The second-order valence-electron chi connectivity index (χ2n) is 2.91. The lowest BCUT2D eigenvalue weighted by molar-refractivity contribution is 0.640. The molecule has 0 unspecified atom stereocenters. The summed E-state index contributed by atoms with van der Waals surface area (Å²) in [5.74, 6) is -0.142. The van der Waals surface area contributed by atoms with Crippen LogP contribution in [0, 0.1) is 5.82 Å². The summed E-state index contributed by atoms with van der Waals surface area (Å²) in [6, 6.07) is 10.8. The maximum absolute atomic E-state index is 13.2. The fourth-order valence-electron chi connectivity index (χ4n) is 1.41. The summed E-state index contributed by atoms with van der Waals surface area (Å²) in [6.07, 6.45) is 0. The van der Waals surface area contributed by atoms with Crippen molar-refractivity contribution < 1.29 is 4.39 Å². The lowest BCUT2D eigenvalue weighted by Gasteiger charge is -2.01. The third-order valence-electron chi connectivity index (χ3n) is 2.09. The second-order valence-corrected chi connectivity index (χ2v) is 2.91. The highest BCUT2D eigenvalue weighted by molar-refractivity contribution is 6.38. The molecule has 0 N–H and O–H groups in total. The van der Waals surface area contributed by atoms with Crippen molar-refractivity contribution in [2.24, 2.45) is 0 Å². The van der Waals surface area contributed by atoms with Gasteiger partial charge in [0.15, 0.2) is 0 Å². The van der Waals surface area contributed by atoms with Crippen LogP contribution in [-0.2, 0) is 0 Å². The summed E-state index contributed by atoms with van der Waals surface area (Å²) in [6.45, 7) is 0. The Balaban J connectivity index is 2.95. The Morgan fingerprint density at radius 3 is 2.25 bits per heavy atom. The highest BCUT2D eigenvalue weighted by atomic mass is 19.1. The monoisotopic (exact) mass is 158 g/mol. The molecule has 0 aromatic heterocycles. The topological polar surface area (TPSA) is 0 Å². The summed E-state index contributed by atoms with van der Waals surface area (Å²) >= 11 is 0. The van der Waals surface area contributed by atoms with Crippen LogP contribution >= 0.6 is 0 Å². The maximum Gasteiger partial charge on any atom is 0.140 e. The van der Waals surface area contributed by atoms with Crippen LogP contribution in [0.15, 0.2) is 36.4 Å². The molecule has 0 heterocycles. The number of hydrogen-bond acceptors (Lipinski definition) is 0. The Hall–Kier alpha value is -1.31. The van der Waals surface area contributed by atoms with Gasteiger partial charge in [-0.05, 0) is 11.5 Å². The lowest BCUT2D eigenvalue weighted by atomic mass is 9.90. The molecule has 0 bridgehead atoms. The Labute approximate surface area is 71.4 Å². The Morgan fingerprint density at radius 2 is 1.58 bits per heavy atom. The highest BCUT2D eigenvalue weighted by Crippen LogP contribution is 2.14. The van der Waals surface area contributed by atoms with Crippen LogP contribution < -0.4 is 5.46 Å². The molecule has 0 radical (unpaired) electrons. The molecule has 2 aromatic carbocycles. The molecule has 0 saturated heterocycles. The van der Waals surface area contributed by atoms with E-state index in [9.17, 15) is 4.39 Å². The first kappa shape index (κ1) is 7.35. The zero-order valence-electron chi connectivity index (χ0n) is 6.84. The number of hydrogen-bond donors (Lipinski definition) is 0. The minimum Gasteiger partial charge on any atom is -0.206 e. The van der Waals surface area contributed by atoms with Crippen molar-refractivity contribution in [1.29, 1.82) is 0 Å². The van der Waals surface area contributed by atoms with Crippen LogP contribution in [0.1, 0.15) is 0 Å². The Morgan fingerprint density at radius 1 is 0.917 bits per heavy atom. The van der Waals surface area contributed by atoms with Gasteiger partial charge in [-0.1, -0.05) is 35.8 Å². The number of rotatable bonds is 0. The van der Waals surface area contributed by atoms with Crippen molar-refractivity contribution in [2.75, 3.05) is 0 Å². The molecule has 2 rings (SSSR count). The molecular weight excluding hydrogens is 150 g/mol. The normalized spacial score (nSPS) is 10.4. The average molecular weight is 158 g/mol. The van der Waals surface area contributed by atoms with Crippen molar-refractivity contribution in [3.05, 3.63) is 42.2 Å². The van der Waals surface area contributed by atoms with Gasteiger partial charge in [-0.15, -0.1) is 0 Å². The predicted molar refractivity (Wildman–Crippen MR) is 52.1 cm³/mol. The van der Waals surface area contributed by atoms with E-state index in [0.717, 1.165) is 10.8 Å². The van der Waals surface area contributed by atoms with E-state index in [-0.39, 0.29) is 5.82 Å². The van der Waals surface area contributed by atoms with Crippen LogP contribution in [0.5, 0.6) is 0 Å². The molecule has 0 aliphatic rings.